The summed E-state index contributed by atoms with van der Waals surface area (Å²) >= 11 is 7.48. The second-order valence-corrected chi connectivity index (χ2v) is 8.06. The van der Waals surface area contributed by atoms with Gasteiger partial charge in [0.25, 0.3) is 11.8 Å². The molecule has 0 unspecified atom stereocenters. The van der Waals surface area contributed by atoms with Gasteiger partial charge in [0.2, 0.25) is 5.91 Å². The van der Waals surface area contributed by atoms with Gasteiger partial charge in [-0.1, -0.05) is 35.4 Å². The van der Waals surface area contributed by atoms with E-state index in [1.807, 2.05) is 19.1 Å². The number of carbonyl (C=O) groups is 3. The molecule has 30 heavy (non-hydrogen) atoms. The number of benzene rings is 2. The van der Waals surface area contributed by atoms with Crippen LogP contribution in [0, 0.1) is 6.92 Å². The fourth-order valence-electron chi connectivity index (χ4n) is 2.69. The third kappa shape index (κ3) is 5.46. The van der Waals surface area contributed by atoms with E-state index in [1.54, 1.807) is 41.8 Å². The zero-order valence-electron chi connectivity index (χ0n) is 16.4. The third-order valence-corrected chi connectivity index (χ3v) is 5.47. The molecule has 154 valence electrons. The summed E-state index contributed by atoms with van der Waals surface area (Å²) in [6.07, 6.45) is 0. The van der Waals surface area contributed by atoms with Crippen molar-refractivity contribution in [1.29, 1.82) is 0 Å². The van der Waals surface area contributed by atoms with Gasteiger partial charge < -0.3 is 15.5 Å². The quantitative estimate of drug-likeness (QED) is 0.583. The summed E-state index contributed by atoms with van der Waals surface area (Å²) in [6.45, 7) is 1.84. The van der Waals surface area contributed by atoms with Crippen molar-refractivity contribution in [2.45, 2.75) is 6.92 Å². The first kappa shape index (κ1) is 21.5. The van der Waals surface area contributed by atoms with Crippen molar-refractivity contribution in [3.63, 3.8) is 0 Å². The summed E-state index contributed by atoms with van der Waals surface area (Å²) in [5, 5.41) is 7.59. The Morgan fingerprint density at radius 2 is 1.77 bits per heavy atom. The van der Waals surface area contributed by atoms with Crippen molar-refractivity contribution >= 4 is 52.0 Å². The summed E-state index contributed by atoms with van der Waals surface area (Å²) in [5.74, 6) is -0.977. The summed E-state index contributed by atoms with van der Waals surface area (Å²) in [7, 11) is 1.54. The molecular formula is C22H20ClN3O3S. The fraction of sp³-hybridized carbons (Fsp3) is 0.136. The lowest BCUT2D eigenvalue weighted by Crippen LogP contribution is -2.35. The zero-order chi connectivity index (χ0) is 21.7. The van der Waals surface area contributed by atoms with E-state index in [1.165, 1.54) is 29.4 Å². The van der Waals surface area contributed by atoms with Crippen molar-refractivity contribution in [1.82, 2.24) is 4.90 Å². The number of likely N-dealkylation sites (N-methyl/N-ethyl adjacent to an activating group) is 1. The molecule has 0 aliphatic rings. The van der Waals surface area contributed by atoms with Crippen molar-refractivity contribution in [3.05, 3.63) is 81.0 Å². The van der Waals surface area contributed by atoms with Gasteiger partial charge in [0.15, 0.2) is 0 Å². The average molecular weight is 442 g/mol. The molecule has 0 saturated heterocycles. The molecule has 0 aliphatic carbocycles. The predicted octanol–water partition coefficient (Wildman–Crippen LogP) is 4.67. The molecule has 1 aromatic heterocycles. The van der Waals surface area contributed by atoms with E-state index in [9.17, 15) is 14.4 Å². The first-order valence-corrected chi connectivity index (χ1v) is 10.4. The van der Waals surface area contributed by atoms with Crippen LogP contribution in [0.2, 0.25) is 5.02 Å². The lowest BCUT2D eigenvalue weighted by molar-refractivity contribution is -0.116. The number of anilines is 2. The van der Waals surface area contributed by atoms with Gasteiger partial charge in [0, 0.05) is 18.3 Å². The van der Waals surface area contributed by atoms with Gasteiger partial charge in [-0.3, -0.25) is 14.4 Å². The highest BCUT2D eigenvalue weighted by atomic mass is 35.5. The van der Waals surface area contributed by atoms with Crippen molar-refractivity contribution < 1.29 is 14.4 Å². The van der Waals surface area contributed by atoms with Crippen molar-refractivity contribution in [2.75, 3.05) is 24.2 Å². The van der Waals surface area contributed by atoms with Crippen LogP contribution < -0.4 is 10.6 Å². The van der Waals surface area contributed by atoms with Gasteiger partial charge in [-0.2, -0.15) is 0 Å². The van der Waals surface area contributed by atoms with Crippen LogP contribution in [0.1, 0.15) is 25.6 Å². The minimum absolute atomic E-state index is 0.119. The van der Waals surface area contributed by atoms with Crippen LogP contribution in [0.5, 0.6) is 0 Å². The number of thiophene rings is 1. The van der Waals surface area contributed by atoms with Crippen LogP contribution in [-0.4, -0.2) is 36.2 Å². The summed E-state index contributed by atoms with van der Waals surface area (Å²) in [4.78, 5) is 39.1. The zero-order valence-corrected chi connectivity index (χ0v) is 18.0. The number of rotatable bonds is 6. The molecule has 0 saturated carbocycles. The molecule has 3 amide bonds. The fourth-order valence-corrected chi connectivity index (χ4v) is 3.47. The van der Waals surface area contributed by atoms with Crippen molar-refractivity contribution in [2.24, 2.45) is 0 Å². The lowest BCUT2D eigenvalue weighted by Gasteiger charge is -2.18. The van der Waals surface area contributed by atoms with E-state index in [4.69, 9.17) is 11.6 Å². The molecule has 0 bridgehead atoms. The van der Waals surface area contributed by atoms with E-state index in [2.05, 4.69) is 10.6 Å². The van der Waals surface area contributed by atoms with Crippen LogP contribution in [-0.2, 0) is 4.79 Å². The van der Waals surface area contributed by atoms with Crippen LogP contribution in [0.3, 0.4) is 0 Å². The molecule has 2 aromatic carbocycles. The largest absolute Gasteiger partial charge is 0.332 e. The Bertz CT molecular complexity index is 1070. The Morgan fingerprint density at radius 3 is 2.43 bits per heavy atom. The predicted molar refractivity (Wildman–Crippen MR) is 120 cm³/mol. The topological polar surface area (TPSA) is 78.5 Å². The van der Waals surface area contributed by atoms with E-state index >= 15 is 0 Å². The van der Waals surface area contributed by atoms with E-state index in [-0.39, 0.29) is 24.3 Å². The molecular weight excluding hydrogens is 422 g/mol. The molecule has 2 N–H and O–H groups in total. The molecule has 8 heteroatoms. The monoisotopic (exact) mass is 441 g/mol. The number of nitrogens with one attached hydrogen (secondary N) is 2. The maximum Gasteiger partial charge on any atom is 0.265 e. The number of amides is 3. The van der Waals surface area contributed by atoms with Gasteiger partial charge in [0.05, 0.1) is 22.1 Å². The Labute approximate surface area is 183 Å². The Kier molecular flexibility index (Phi) is 6.87. The normalized spacial score (nSPS) is 10.4. The number of halogens is 1. The molecule has 0 aliphatic heterocycles. The lowest BCUT2D eigenvalue weighted by atomic mass is 10.1. The number of hydrogen-bond donors (Lipinski definition) is 2. The van der Waals surface area contributed by atoms with E-state index in [0.717, 1.165) is 5.56 Å². The minimum Gasteiger partial charge on any atom is -0.332 e. The number of nitrogens with zero attached hydrogens (tertiary/aromatic N) is 1. The highest BCUT2D eigenvalue weighted by molar-refractivity contribution is 7.12. The molecule has 0 radical (unpaired) electrons. The molecule has 0 atom stereocenters. The molecule has 0 spiro atoms. The van der Waals surface area contributed by atoms with Crippen LogP contribution >= 0.6 is 22.9 Å². The molecule has 6 nitrogen and oxygen atoms in total. The van der Waals surface area contributed by atoms with Crippen molar-refractivity contribution in [3.8, 4) is 0 Å². The van der Waals surface area contributed by atoms with E-state index < -0.39 is 0 Å². The molecule has 3 rings (SSSR count). The summed E-state index contributed by atoms with van der Waals surface area (Å²) in [6, 6.07) is 15.5. The maximum atomic E-state index is 12.7. The third-order valence-electron chi connectivity index (χ3n) is 4.27. The first-order valence-electron chi connectivity index (χ1n) is 9.10. The minimum atomic E-state index is -0.364. The van der Waals surface area contributed by atoms with Gasteiger partial charge in [-0.15, -0.1) is 11.3 Å². The SMILES string of the molecule is Cc1ccc(NC(=O)CN(C)C(=O)c2ccc(Cl)c(NC(=O)c3cccs3)c2)cc1. The summed E-state index contributed by atoms with van der Waals surface area (Å²) in [5.41, 5.74) is 2.39. The average Bonchev–Trinajstić information content (AvgIpc) is 3.26. The smallest absolute Gasteiger partial charge is 0.265 e. The maximum absolute atomic E-state index is 12.7. The van der Waals surface area contributed by atoms with E-state index in [0.29, 0.717) is 26.8 Å². The van der Waals surface area contributed by atoms with Gasteiger partial charge in [-0.05, 0) is 48.7 Å². The number of hydrogen-bond acceptors (Lipinski definition) is 4. The molecule has 0 fully saturated rings. The van der Waals surface area contributed by atoms with Crippen LogP contribution in [0.25, 0.3) is 0 Å². The second-order valence-electron chi connectivity index (χ2n) is 6.70. The van der Waals surface area contributed by atoms with Gasteiger partial charge in [0.1, 0.15) is 0 Å². The number of aryl methyl sites for hydroxylation is 1. The standard InChI is InChI=1S/C22H20ClN3O3S/c1-14-5-8-16(9-6-14)24-20(27)13-26(2)22(29)15-7-10-17(23)18(12-15)25-21(28)19-4-3-11-30-19/h3-12H,13H2,1-2H3,(H,24,27)(H,25,28). The Hall–Kier alpha value is -3.16. The second kappa shape index (κ2) is 9.56. The Balaban J connectivity index is 1.65. The Morgan fingerprint density at radius 1 is 1.03 bits per heavy atom. The molecule has 3 aromatic rings. The number of carbonyl (C=O) groups excluding carboxylic acids is 3. The van der Waals surface area contributed by atoms with Crippen LogP contribution in [0.4, 0.5) is 11.4 Å². The highest BCUT2D eigenvalue weighted by Crippen LogP contribution is 2.25. The summed E-state index contributed by atoms with van der Waals surface area (Å²) < 4.78 is 0. The van der Waals surface area contributed by atoms with Gasteiger partial charge >= 0.3 is 0 Å². The molecule has 1 heterocycles. The van der Waals surface area contributed by atoms with Crippen LogP contribution in [0.15, 0.2) is 60.0 Å². The van der Waals surface area contributed by atoms with Gasteiger partial charge in [-0.25, -0.2) is 0 Å². The first-order chi connectivity index (χ1) is 14.3. The highest BCUT2D eigenvalue weighted by Gasteiger charge is 2.17.